The summed E-state index contributed by atoms with van der Waals surface area (Å²) in [6.45, 7) is 6.05. The molecule has 0 bridgehead atoms. The van der Waals surface area contributed by atoms with Crippen molar-refractivity contribution in [2.75, 3.05) is 30.1 Å². The predicted molar refractivity (Wildman–Crippen MR) is 168 cm³/mol. The zero-order valence-corrected chi connectivity index (χ0v) is 25.5. The van der Waals surface area contributed by atoms with E-state index in [1.54, 1.807) is 29.2 Å². The minimum Gasteiger partial charge on any atom is -0.378 e. The van der Waals surface area contributed by atoms with E-state index in [-0.39, 0.29) is 24.1 Å². The van der Waals surface area contributed by atoms with Gasteiger partial charge >= 0.3 is 0 Å². The highest BCUT2D eigenvalue weighted by atomic mass is 35.5. The lowest BCUT2D eigenvalue weighted by molar-refractivity contribution is -0.137. The van der Waals surface area contributed by atoms with Crippen molar-refractivity contribution in [2.24, 2.45) is 0 Å². The molecule has 4 aromatic rings. The first-order valence-corrected chi connectivity index (χ1v) is 14.6. The van der Waals surface area contributed by atoms with E-state index in [2.05, 4.69) is 15.3 Å². The molecule has 0 unspecified atom stereocenters. The summed E-state index contributed by atoms with van der Waals surface area (Å²) in [5.74, 6) is -0.456. The molecule has 0 radical (unpaired) electrons. The van der Waals surface area contributed by atoms with Crippen molar-refractivity contribution < 1.29 is 9.59 Å². The Bertz CT molecular complexity index is 1490. The Morgan fingerprint density at radius 2 is 1.54 bits per heavy atom. The van der Waals surface area contributed by atoms with Gasteiger partial charge in [0.05, 0.1) is 5.75 Å². The quantitative estimate of drug-likeness (QED) is 0.166. The van der Waals surface area contributed by atoms with Crippen LogP contribution in [0, 0.1) is 20.8 Å². The molecule has 0 spiro atoms. The fourth-order valence-corrected chi connectivity index (χ4v) is 5.39. The molecule has 2 amide bonds. The second kappa shape index (κ2) is 13.7. The number of aryl methyl sites for hydroxylation is 3. The van der Waals surface area contributed by atoms with Gasteiger partial charge in [0, 0.05) is 48.4 Å². The van der Waals surface area contributed by atoms with Crippen LogP contribution in [-0.4, -0.2) is 46.5 Å². The van der Waals surface area contributed by atoms with E-state index in [4.69, 9.17) is 11.6 Å². The molecule has 0 saturated heterocycles. The average molecular weight is 588 g/mol. The van der Waals surface area contributed by atoms with E-state index in [0.29, 0.717) is 21.4 Å². The van der Waals surface area contributed by atoms with Gasteiger partial charge in [0.25, 0.3) is 5.91 Å². The molecular weight excluding hydrogens is 554 g/mol. The lowest BCUT2D eigenvalue weighted by Gasteiger charge is -2.32. The van der Waals surface area contributed by atoms with Gasteiger partial charge in [-0.05, 0) is 79.9 Å². The first kappa shape index (κ1) is 30.1. The van der Waals surface area contributed by atoms with E-state index >= 15 is 0 Å². The Kier molecular flexibility index (Phi) is 10.0. The molecule has 3 aromatic carbocycles. The van der Waals surface area contributed by atoms with Gasteiger partial charge in [-0.1, -0.05) is 59.8 Å². The van der Waals surface area contributed by atoms with E-state index in [1.165, 1.54) is 11.8 Å². The van der Waals surface area contributed by atoms with Gasteiger partial charge in [-0.3, -0.25) is 9.59 Å². The molecular formula is C32H34ClN5O2S. The van der Waals surface area contributed by atoms with Crippen LogP contribution in [0.5, 0.6) is 0 Å². The molecule has 7 nitrogen and oxygen atoms in total. The highest BCUT2D eigenvalue weighted by molar-refractivity contribution is 7.99. The molecule has 0 aliphatic heterocycles. The number of carbonyl (C=O) groups excluding carboxylic acids is 2. The monoisotopic (exact) mass is 587 g/mol. The van der Waals surface area contributed by atoms with Gasteiger partial charge in [-0.25, -0.2) is 9.97 Å². The van der Waals surface area contributed by atoms with Crippen molar-refractivity contribution in [1.82, 2.24) is 14.9 Å². The van der Waals surface area contributed by atoms with Crippen LogP contribution in [0.2, 0.25) is 5.02 Å². The summed E-state index contributed by atoms with van der Waals surface area (Å²) in [7, 11) is 3.92. The zero-order valence-electron chi connectivity index (χ0n) is 23.9. The molecule has 1 heterocycles. The van der Waals surface area contributed by atoms with Gasteiger partial charge in [0.2, 0.25) is 5.91 Å². The summed E-state index contributed by atoms with van der Waals surface area (Å²) in [6.07, 6.45) is 0. The standard InChI is InChI=1S/C32H34ClN5O2S/c1-21-8-6-7-9-25(21)19-38(29(39)20-41-32-34-22(2)18-23(3)35-32)30(24-10-12-26(33)13-11-24)31(40)36-27-14-16-28(17-15-27)37(4)5/h6-18,30H,19-20H2,1-5H3,(H,36,40)/t30-/m1/s1. The number of hydrogen-bond donors (Lipinski definition) is 1. The molecule has 9 heteroatoms. The summed E-state index contributed by atoms with van der Waals surface area (Å²) < 4.78 is 0. The van der Waals surface area contributed by atoms with E-state index in [0.717, 1.165) is 28.2 Å². The van der Waals surface area contributed by atoms with Gasteiger partial charge < -0.3 is 15.1 Å². The summed E-state index contributed by atoms with van der Waals surface area (Å²) >= 11 is 7.46. The Labute approximate surface area is 251 Å². The maximum atomic E-state index is 14.0. The first-order valence-electron chi connectivity index (χ1n) is 13.2. The molecule has 1 N–H and O–H groups in total. The fraction of sp³-hybridized carbons (Fsp3) is 0.250. The number of thioether (sulfide) groups is 1. The normalized spacial score (nSPS) is 11.6. The molecule has 1 atom stereocenters. The molecule has 0 aliphatic carbocycles. The fourth-order valence-electron chi connectivity index (χ4n) is 4.43. The predicted octanol–water partition coefficient (Wildman–Crippen LogP) is 6.62. The van der Waals surface area contributed by atoms with Crippen molar-refractivity contribution in [3.8, 4) is 0 Å². The number of halogens is 1. The largest absolute Gasteiger partial charge is 0.378 e. The van der Waals surface area contributed by atoms with E-state index < -0.39 is 6.04 Å². The van der Waals surface area contributed by atoms with Crippen LogP contribution in [-0.2, 0) is 16.1 Å². The molecule has 41 heavy (non-hydrogen) atoms. The lowest BCUT2D eigenvalue weighted by atomic mass is 10.0. The summed E-state index contributed by atoms with van der Waals surface area (Å²) in [5, 5.41) is 4.11. The number of hydrogen-bond acceptors (Lipinski definition) is 6. The number of amides is 2. The second-order valence-corrected chi connectivity index (χ2v) is 11.4. The highest BCUT2D eigenvalue weighted by Gasteiger charge is 2.32. The Morgan fingerprint density at radius 1 is 0.902 bits per heavy atom. The van der Waals surface area contributed by atoms with Gasteiger partial charge in [-0.15, -0.1) is 0 Å². The molecule has 0 aliphatic rings. The third-order valence-electron chi connectivity index (χ3n) is 6.61. The van der Waals surface area contributed by atoms with Crippen LogP contribution in [0.25, 0.3) is 0 Å². The van der Waals surface area contributed by atoms with Crippen molar-refractivity contribution in [3.05, 3.63) is 112 Å². The van der Waals surface area contributed by atoms with Crippen LogP contribution >= 0.6 is 23.4 Å². The number of aromatic nitrogens is 2. The third kappa shape index (κ3) is 8.08. The molecule has 4 rings (SSSR count). The minimum absolute atomic E-state index is 0.0731. The van der Waals surface area contributed by atoms with Crippen molar-refractivity contribution in [2.45, 2.75) is 38.5 Å². The third-order valence-corrected chi connectivity index (χ3v) is 7.69. The van der Waals surface area contributed by atoms with Crippen LogP contribution < -0.4 is 10.2 Å². The zero-order chi connectivity index (χ0) is 29.5. The molecule has 212 valence electrons. The Balaban J connectivity index is 1.70. The van der Waals surface area contributed by atoms with Crippen LogP contribution in [0.1, 0.15) is 34.1 Å². The highest BCUT2D eigenvalue weighted by Crippen LogP contribution is 2.29. The van der Waals surface area contributed by atoms with Crippen LogP contribution in [0.3, 0.4) is 0 Å². The number of nitrogens with one attached hydrogen (secondary N) is 1. The lowest BCUT2D eigenvalue weighted by Crippen LogP contribution is -2.42. The number of benzene rings is 3. The molecule has 1 aromatic heterocycles. The molecule has 0 fully saturated rings. The number of nitrogens with zero attached hydrogens (tertiary/aromatic N) is 4. The maximum absolute atomic E-state index is 14.0. The van der Waals surface area contributed by atoms with Crippen LogP contribution in [0.4, 0.5) is 11.4 Å². The number of anilines is 2. The Morgan fingerprint density at radius 3 is 2.15 bits per heavy atom. The van der Waals surface area contributed by atoms with Gasteiger partial charge in [-0.2, -0.15) is 0 Å². The SMILES string of the molecule is Cc1cc(C)nc(SCC(=O)N(Cc2ccccc2C)[C@@H](C(=O)Nc2ccc(N(C)C)cc2)c2ccc(Cl)cc2)n1. The average Bonchev–Trinajstić information content (AvgIpc) is 2.93. The second-order valence-electron chi connectivity index (χ2n) is 10.1. The smallest absolute Gasteiger partial charge is 0.251 e. The van der Waals surface area contributed by atoms with E-state index in [9.17, 15) is 9.59 Å². The summed E-state index contributed by atoms with van der Waals surface area (Å²) in [5.41, 5.74) is 5.97. The maximum Gasteiger partial charge on any atom is 0.251 e. The van der Waals surface area contributed by atoms with Crippen molar-refractivity contribution in [3.63, 3.8) is 0 Å². The van der Waals surface area contributed by atoms with Crippen molar-refractivity contribution >= 4 is 46.6 Å². The van der Waals surface area contributed by atoms with Gasteiger partial charge in [0.15, 0.2) is 5.16 Å². The number of rotatable bonds is 10. The van der Waals surface area contributed by atoms with Crippen molar-refractivity contribution in [1.29, 1.82) is 0 Å². The topological polar surface area (TPSA) is 78.4 Å². The Hall–Kier alpha value is -3.88. The van der Waals surface area contributed by atoms with E-state index in [1.807, 2.05) is 94.4 Å². The van der Waals surface area contributed by atoms with Crippen LogP contribution in [0.15, 0.2) is 84.0 Å². The minimum atomic E-state index is -0.909. The van der Waals surface area contributed by atoms with Gasteiger partial charge in [0.1, 0.15) is 6.04 Å². The number of carbonyl (C=O) groups is 2. The molecule has 0 saturated carbocycles. The first-order chi connectivity index (χ1) is 19.6. The summed E-state index contributed by atoms with van der Waals surface area (Å²) in [6, 6.07) is 23.5. The summed E-state index contributed by atoms with van der Waals surface area (Å²) in [4.78, 5) is 40.6.